The Bertz CT molecular complexity index is 958. The van der Waals surface area contributed by atoms with Gasteiger partial charge in [0.25, 0.3) is 0 Å². The molecule has 0 heterocycles. The van der Waals surface area contributed by atoms with Crippen LogP contribution < -0.4 is 0 Å². The summed E-state index contributed by atoms with van der Waals surface area (Å²) in [4.78, 5) is 26.3. The van der Waals surface area contributed by atoms with Crippen LogP contribution in [0.2, 0.25) is 0 Å². The van der Waals surface area contributed by atoms with E-state index in [4.69, 9.17) is 0 Å². The Morgan fingerprint density at radius 2 is 1.58 bits per heavy atom. The van der Waals surface area contributed by atoms with Gasteiger partial charge in [-0.3, -0.25) is 9.59 Å². The fourth-order valence-corrected chi connectivity index (χ4v) is 5.41. The van der Waals surface area contributed by atoms with Gasteiger partial charge < -0.3 is 0 Å². The first-order chi connectivity index (χ1) is 15.1. The van der Waals surface area contributed by atoms with Crippen LogP contribution in [0.1, 0.15) is 69.4 Å². The van der Waals surface area contributed by atoms with Gasteiger partial charge in [0.2, 0.25) is 0 Å². The maximum absolute atomic E-state index is 14.0. The molecule has 0 aromatic heterocycles. The first kappa shape index (κ1) is 21.5. The summed E-state index contributed by atoms with van der Waals surface area (Å²) in [6.45, 7) is 4.12. The second kappa shape index (κ2) is 9.60. The van der Waals surface area contributed by atoms with Crippen molar-refractivity contribution in [2.24, 2.45) is 11.8 Å². The third kappa shape index (κ3) is 4.35. The molecule has 0 radical (unpaired) electrons. The van der Waals surface area contributed by atoms with E-state index in [9.17, 15) is 9.59 Å². The van der Waals surface area contributed by atoms with E-state index in [1.165, 1.54) is 16.7 Å². The van der Waals surface area contributed by atoms with Crippen LogP contribution in [0.3, 0.4) is 0 Å². The zero-order valence-corrected chi connectivity index (χ0v) is 18.6. The lowest BCUT2D eigenvalue weighted by Crippen LogP contribution is -2.33. The molecule has 2 nitrogen and oxygen atoms in total. The van der Waals surface area contributed by atoms with E-state index < -0.39 is 0 Å². The Morgan fingerprint density at radius 1 is 0.968 bits per heavy atom. The SMILES string of the molecule is CCCC1=CC2=C(CCC(C(=O)CC)C2)C(=O)C1C(c1ccccc1)c1ccccc1. The molecule has 31 heavy (non-hydrogen) atoms. The fourth-order valence-electron chi connectivity index (χ4n) is 5.41. The highest BCUT2D eigenvalue weighted by atomic mass is 16.1. The fraction of sp³-hybridized carbons (Fsp3) is 0.379. The maximum Gasteiger partial charge on any atom is 0.167 e. The molecular weight excluding hydrogens is 380 g/mol. The monoisotopic (exact) mass is 412 g/mol. The van der Waals surface area contributed by atoms with Crippen molar-refractivity contribution >= 4 is 11.6 Å². The zero-order valence-electron chi connectivity index (χ0n) is 18.6. The second-order valence-electron chi connectivity index (χ2n) is 8.87. The molecule has 0 aliphatic heterocycles. The topological polar surface area (TPSA) is 34.1 Å². The maximum atomic E-state index is 14.0. The van der Waals surface area contributed by atoms with Crippen molar-refractivity contribution in [2.75, 3.05) is 0 Å². The van der Waals surface area contributed by atoms with Gasteiger partial charge in [-0.25, -0.2) is 0 Å². The third-order valence-electron chi connectivity index (χ3n) is 6.93. The third-order valence-corrected chi connectivity index (χ3v) is 6.93. The van der Waals surface area contributed by atoms with E-state index in [-0.39, 0.29) is 23.5 Å². The average molecular weight is 413 g/mol. The van der Waals surface area contributed by atoms with Gasteiger partial charge in [0.15, 0.2) is 5.78 Å². The lowest BCUT2D eigenvalue weighted by molar-refractivity contribution is -0.123. The van der Waals surface area contributed by atoms with Crippen molar-refractivity contribution < 1.29 is 9.59 Å². The summed E-state index contributed by atoms with van der Waals surface area (Å²) in [5.41, 5.74) is 5.71. The highest BCUT2D eigenvalue weighted by Crippen LogP contribution is 2.46. The molecule has 2 aromatic carbocycles. The normalized spacial score (nSPS) is 21.1. The first-order valence-corrected chi connectivity index (χ1v) is 11.7. The standard InChI is InChI=1S/C29H32O2/c1-3-11-23-19-24-18-22(26(30)4-2)16-17-25(24)29(31)28(23)27(20-12-7-5-8-13-20)21-14-9-6-10-15-21/h5-10,12-15,19,22,27-28H,3-4,11,16-18H2,1-2H3. The van der Waals surface area contributed by atoms with Gasteiger partial charge in [-0.2, -0.15) is 0 Å². The predicted molar refractivity (Wildman–Crippen MR) is 126 cm³/mol. The summed E-state index contributed by atoms with van der Waals surface area (Å²) in [6.07, 6.45) is 7.06. The number of hydrogen-bond acceptors (Lipinski definition) is 2. The zero-order chi connectivity index (χ0) is 21.8. The summed E-state index contributed by atoms with van der Waals surface area (Å²) in [5, 5.41) is 0. The molecule has 0 saturated heterocycles. The van der Waals surface area contributed by atoms with Crippen LogP contribution in [0.15, 0.2) is 83.5 Å². The molecule has 0 saturated carbocycles. The van der Waals surface area contributed by atoms with Crippen molar-refractivity contribution in [3.8, 4) is 0 Å². The van der Waals surface area contributed by atoms with Crippen molar-refractivity contribution in [3.05, 3.63) is 94.6 Å². The van der Waals surface area contributed by atoms with Crippen molar-refractivity contribution in [1.29, 1.82) is 0 Å². The number of hydrogen-bond donors (Lipinski definition) is 0. The molecule has 2 aliphatic rings. The number of ketones is 2. The number of rotatable bonds is 7. The Balaban J connectivity index is 1.78. The summed E-state index contributed by atoms with van der Waals surface area (Å²) in [5.74, 6) is 0.531. The molecule has 2 atom stereocenters. The summed E-state index contributed by atoms with van der Waals surface area (Å²) in [6, 6.07) is 20.9. The molecule has 0 N–H and O–H groups in total. The van der Waals surface area contributed by atoms with Crippen LogP contribution in [-0.4, -0.2) is 11.6 Å². The minimum atomic E-state index is -0.165. The molecule has 160 valence electrons. The van der Waals surface area contributed by atoms with Crippen molar-refractivity contribution in [2.45, 2.75) is 58.3 Å². The van der Waals surface area contributed by atoms with Crippen molar-refractivity contribution in [3.63, 3.8) is 0 Å². The molecule has 0 amide bonds. The molecule has 2 unspecified atom stereocenters. The minimum Gasteiger partial charge on any atom is -0.299 e. The van der Waals surface area contributed by atoms with Crippen molar-refractivity contribution in [1.82, 2.24) is 0 Å². The van der Waals surface area contributed by atoms with Gasteiger partial charge in [-0.05, 0) is 48.0 Å². The van der Waals surface area contributed by atoms with Gasteiger partial charge in [0, 0.05) is 18.3 Å². The van der Waals surface area contributed by atoms with E-state index in [1.54, 1.807) is 0 Å². The van der Waals surface area contributed by atoms with E-state index >= 15 is 0 Å². The van der Waals surface area contributed by atoms with Crippen LogP contribution in [0, 0.1) is 11.8 Å². The molecule has 4 rings (SSSR count). The van der Waals surface area contributed by atoms with E-state index in [2.05, 4.69) is 61.5 Å². The second-order valence-corrected chi connectivity index (χ2v) is 8.87. The van der Waals surface area contributed by atoms with Crippen LogP contribution in [0.5, 0.6) is 0 Å². The van der Waals surface area contributed by atoms with Crippen LogP contribution >= 0.6 is 0 Å². The first-order valence-electron chi connectivity index (χ1n) is 11.7. The number of benzene rings is 2. The summed E-state index contributed by atoms with van der Waals surface area (Å²) < 4.78 is 0. The van der Waals surface area contributed by atoms with Gasteiger partial charge in [-0.1, -0.05) is 92.6 Å². The molecule has 2 aliphatic carbocycles. The van der Waals surface area contributed by atoms with E-state index in [0.717, 1.165) is 43.3 Å². The van der Waals surface area contributed by atoms with E-state index in [1.807, 2.05) is 19.1 Å². The highest BCUT2D eigenvalue weighted by molar-refractivity contribution is 6.03. The van der Waals surface area contributed by atoms with Gasteiger partial charge in [0.05, 0.1) is 5.92 Å². The van der Waals surface area contributed by atoms with Gasteiger partial charge in [-0.15, -0.1) is 0 Å². The van der Waals surface area contributed by atoms with Crippen LogP contribution in [0.4, 0.5) is 0 Å². The summed E-state index contributed by atoms with van der Waals surface area (Å²) in [7, 11) is 0. The number of carbonyl (C=O) groups excluding carboxylic acids is 2. The summed E-state index contributed by atoms with van der Waals surface area (Å²) >= 11 is 0. The van der Waals surface area contributed by atoms with Crippen LogP contribution in [0.25, 0.3) is 0 Å². The Kier molecular flexibility index (Phi) is 6.65. The molecule has 0 fully saturated rings. The van der Waals surface area contributed by atoms with E-state index in [0.29, 0.717) is 12.2 Å². The quantitative estimate of drug-likeness (QED) is 0.500. The number of carbonyl (C=O) groups is 2. The molecular formula is C29H32O2. The number of Topliss-reactive ketones (excluding diaryl/α,β-unsaturated/α-hetero) is 2. The smallest absolute Gasteiger partial charge is 0.167 e. The lowest BCUT2D eigenvalue weighted by Gasteiger charge is -2.36. The number of allylic oxidation sites excluding steroid dienone is 4. The molecule has 2 heteroatoms. The Morgan fingerprint density at radius 3 is 2.13 bits per heavy atom. The Hall–Kier alpha value is -2.74. The largest absolute Gasteiger partial charge is 0.299 e. The molecule has 0 spiro atoms. The minimum absolute atomic E-state index is 0.0109. The predicted octanol–water partition coefficient (Wildman–Crippen LogP) is 6.82. The molecule has 0 bridgehead atoms. The molecule has 2 aromatic rings. The van der Waals surface area contributed by atoms with Gasteiger partial charge in [0.1, 0.15) is 5.78 Å². The van der Waals surface area contributed by atoms with Crippen LogP contribution in [-0.2, 0) is 9.59 Å². The highest BCUT2D eigenvalue weighted by Gasteiger charge is 2.40. The lowest BCUT2D eigenvalue weighted by atomic mass is 9.66. The van der Waals surface area contributed by atoms with Gasteiger partial charge >= 0.3 is 0 Å². The Labute approximate surface area is 186 Å². The average Bonchev–Trinajstić information content (AvgIpc) is 2.82.